The molecule has 0 aliphatic heterocycles. The molecule has 1 aromatic carbocycles. The van der Waals surface area contributed by atoms with E-state index in [1.165, 1.54) is 43.0 Å². The molecule has 2 aromatic rings. The van der Waals surface area contributed by atoms with Crippen LogP contribution in [0.2, 0.25) is 0 Å². The van der Waals surface area contributed by atoms with Crippen molar-refractivity contribution in [3.05, 3.63) is 41.7 Å². The molecule has 0 radical (unpaired) electrons. The normalized spacial score (nSPS) is 25.1. The summed E-state index contributed by atoms with van der Waals surface area (Å²) in [5.74, 6) is 2.88. The lowest BCUT2D eigenvalue weighted by Gasteiger charge is -2.22. The summed E-state index contributed by atoms with van der Waals surface area (Å²) in [5.41, 5.74) is 1.19. The van der Waals surface area contributed by atoms with Crippen LogP contribution < -0.4 is 5.32 Å². The smallest absolute Gasteiger partial charge is 0.230 e. The number of aromatic nitrogens is 3. The summed E-state index contributed by atoms with van der Waals surface area (Å²) in [6.07, 6.45) is 5.84. The predicted octanol–water partition coefficient (Wildman–Crippen LogP) is 2.79. The summed E-state index contributed by atoms with van der Waals surface area (Å²) in [4.78, 5) is 16.6. The molecule has 2 fully saturated rings. The number of H-pyrrole nitrogens is 1. The van der Waals surface area contributed by atoms with Gasteiger partial charge in [-0.25, -0.2) is 4.98 Å². The molecule has 2 saturated carbocycles. The molecule has 1 amide bonds. The number of hydrogen-bond donors (Lipinski definition) is 2. The zero-order valence-electron chi connectivity index (χ0n) is 13.6. The third-order valence-electron chi connectivity index (χ3n) is 5.14. The number of hydrogen-bond acceptors (Lipinski definition) is 4. The molecule has 126 valence electrons. The third kappa shape index (κ3) is 3.64. The molecule has 0 unspecified atom stereocenters. The van der Waals surface area contributed by atoms with Crippen LogP contribution in [0.1, 0.15) is 37.1 Å². The van der Waals surface area contributed by atoms with Gasteiger partial charge in [0.1, 0.15) is 5.82 Å². The first-order valence-corrected chi connectivity index (χ1v) is 9.62. The summed E-state index contributed by atoms with van der Waals surface area (Å²) in [6, 6.07) is 10.6. The summed E-state index contributed by atoms with van der Waals surface area (Å²) < 4.78 is 0. The minimum absolute atomic E-state index is 0.104. The molecular formula is C18H22N4OS. The first kappa shape index (κ1) is 15.7. The molecule has 0 saturated heterocycles. The van der Waals surface area contributed by atoms with E-state index in [0.29, 0.717) is 22.9 Å². The second-order valence-electron chi connectivity index (χ2n) is 6.86. The van der Waals surface area contributed by atoms with Crippen LogP contribution in [0.5, 0.6) is 0 Å². The molecule has 24 heavy (non-hydrogen) atoms. The van der Waals surface area contributed by atoms with E-state index in [1.807, 2.05) is 18.2 Å². The summed E-state index contributed by atoms with van der Waals surface area (Å²) in [6.45, 7) is 0. The molecule has 3 atom stereocenters. The van der Waals surface area contributed by atoms with Gasteiger partial charge < -0.3 is 5.32 Å². The lowest BCUT2D eigenvalue weighted by Crippen LogP contribution is -2.39. The van der Waals surface area contributed by atoms with E-state index in [9.17, 15) is 4.79 Å². The van der Waals surface area contributed by atoms with Gasteiger partial charge in [-0.05, 0) is 36.7 Å². The van der Waals surface area contributed by atoms with E-state index >= 15 is 0 Å². The minimum atomic E-state index is 0.104. The highest BCUT2D eigenvalue weighted by molar-refractivity contribution is 7.99. The van der Waals surface area contributed by atoms with Gasteiger partial charge in [-0.2, -0.15) is 0 Å². The SMILES string of the molecule is O=C(CSc1n[nH]c(Cc2ccccc2)n1)N[C@H]1C[C@H]2CC[C@H]1C2. The van der Waals surface area contributed by atoms with Crippen molar-refractivity contribution in [2.24, 2.45) is 11.8 Å². The summed E-state index contributed by atoms with van der Waals surface area (Å²) >= 11 is 1.40. The van der Waals surface area contributed by atoms with E-state index in [-0.39, 0.29) is 5.91 Å². The fraction of sp³-hybridized carbons (Fsp3) is 0.500. The highest BCUT2D eigenvalue weighted by Gasteiger charge is 2.39. The van der Waals surface area contributed by atoms with Crippen molar-refractivity contribution in [3.8, 4) is 0 Å². The maximum atomic E-state index is 12.1. The molecule has 1 aromatic heterocycles. The minimum Gasteiger partial charge on any atom is -0.352 e. The molecule has 2 bridgehead atoms. The molecular weight excluding hydrogens is 320 g/mol. The van der Waals surface area contributed by atoms with Crippen LogP contribution in [-0.2, 0) is 11.2 Å². The maximum absolute atomic E-state index is 12.1. The van der Waals surface area contributed by atoms with Gasteiger partial charge in [0.2, 0.25) is 11.1 Å². The van der Waals surface area contributed by atoms with Gasteiger partial charge in [0.25, 0.3) is 0 Å². The van der Waals surface area contributed by atoms with Gasteiger partial charge >= 0.3 is 0 Å². The van der Waals surface area contributed by atoms with E-state index < -0.39 is 0 Å². The Labute approximate surface area is 146 Å². The lowest BCUT2D eigenvalue weighted by molar-refractivity contribution is -0.119. The largest absolute Gasteiger partial charge is 0.352 e. The van der Waals surface area contributed by atoms with Crippen LogP contribution in [-0.4, -0.2) is 32.9 Å². The van der Waals surface area contributed by atoms with Crippen LogP contribution in [0, 0.1) is 11.8 Å². The number of carbonyl (C=O) groups excluding carboxylic acids is 1. The van der Waals surface area contributed by atoms with Crippen molar-refractivity contribution in [1.82, 2.24) is 20.5 Å². The number of benzene rings is 1. The number of fused-ring (bicyclic) bond motifs is 2. The molecule has 6 heteroatoms. The Balaban J connectivity index is 1.25. The Morgan fingerprint density at radius 1 is 1.25 bits per heavy atom. The van der Waals surface area contributed by atoms with Crippen molar-refractivity contribution in [1.29, 1.82) is 0 Å². The number of thioether (sulfide) groups is 1. The van der Waals surface area contributed by atoms with Crippen LogP contribution in [0.15, 0.2) is 35.5 Å². The van der Waals surface area contributed by atoms with Crippen molar-refractivity contribution < 1.29 is 4.79 Å². The standard InChI is InChI=1S/C18H22N4OS/c23-17(19-15-9-13-6-7-14(15)8-13)11-24-18-20-16(21-22-18)10-12-4-2-1-3-5-12/h1-5,13-15H,6-11H2,(H,19,23)(H,20,21,22)/t13-,14-,15-/m0/s1. The van der Waals surface area contributed by atoms with Gasteiger partial charge in [0, 0.05) is 12.5 Å². The number of aromatic amines is 1. The topological polar surface area (TPSA) is 70.7 Å². The highest BCUT2D eigenvalue weighted by atomic mass is 32.2. The summed E-state index contributed by atoms with van der Waals surface area (Å²) in [5, 5.41) is 11.0. The average Bonchev–Trinajstić information content (AvgIpc) is 3.31. The molecule has 5 nitrogen and oxygen atoms in total. The summed E-state index contributed by atoms with van der Waals surface area (Å²) in [7, 11) is 0. The van der Waals surface area contributed by atoms with Crippen LogP contribution >= 0.6 is 11.8 Å². The van der Waals surface area contributed by atoms with Gasteiger partial charge in [0.05, 0.1) is 5.75 Å². The molecule has 0 spiro atoms. The number of nitrogens with zero attached hydrogens (tertiary/aromatic N) is 2. The Bertz CT molecular complexity index is 702. The van der Waals surface area contributed by atoms with Crippen molar-refractivity contribution in [3.63, 3.8) is 0 Å². The second kappa shape index (κ2) is 6.97. The Kier molecular flexibility index (Phi) is 4.56. The Morgan fingerprint density at radius 3 is 2.88 bits per heavy atom. The number of amides is 1. The highest BCUT2D eigenvalue weighted by Crippen LogP contribution is 2.44. The molecule has 2 aliphatic carbocycles. The Hall–Kier alpha value is -1.82. The van der Waals surface area contributed by atoms with Crippen molar-refractivity contribution in [2.75, 3.05) is 5.75 Å². The first-order valence-electron chi connectivity index (χ1n) is 8.63. The van der Waals surface area contributed by atoms with E-state index in [1.54, 1.807) is 0 Å². The van der Waals surface area contributed by atoms with Gasteiger partial charge in [-0.3, -0.25) is 9.89 Å². The lowest BCUT2D eigenvalue weighted by atomic mass is 9.95. The maximum Gasteiger partial charge on any atom is 0.230 e. The van der Waals surface area contributed by atoms with Crippen LogP contribution in [0.4, 0.5) is 0 Å². The van der Waals surface area contributed by atoms with Gasteiger partial charge in [-0.15, -0.1) is 5.10 Å². The third-order valence-corrected chi connectivity index (χ3v) is 5.99. The van der Waals surface area contributed by atoms with Crippen molar-refractivity contribution in [2.45, 2.75) is 43.3 Å². The van der Waals surface area contributed by atoms with Crippen LogP contribution in [0.3, 0.4) is 0 Å². The number of nitrogens with one attached hydrogen (secondary N) is 2. The van der Waals surface area contributed by atoms with Crippen molar-refractivity contribution >= 4 is 17.7 Å². The second-order valence-corrected chi connectivity index (χ2v) is 7.81. The van der Waals surface area contributed by atoms with Crippen LogP contribution in [0.25, 0.3) is 0 Å². The fourth-order valence-corrected chi connectivity index (χ4v) is 4.64. The molecule has 2 aliphatic rings. The van der Waals surface area contributed by atoms with Gasteiger partial charge in [0.15, 0.2) is 0 Å². The zero-order chi connectivity index (χ0) is 16.4. The van der Waals surface area contributed by atoms with E-state index in [4.69, 9.17) is 0 Å². The zero-order valence-corrected chi connectivity index (χ0v) is 14.4. The first-order chi connectivity index (χ1) is 11.8. The Morgan fingerprint density at radius 2 is 2.12 bits per heavy atom. The quantitative estimate of drug-likeness (QED) is 0.792. The monoisotopic (exact) mass is 342 g/mol. The molecule has 2 N–H and O–H groups in total. The van der Waals surface area contributed by atoms with E-state index in [0.717, 1.165) is 18.2 Å². The molecule has 1 heterocycles. The van der Waals surface area contributed by atoms with E-state index in [2.05, 4.69) is 32.6 Å². The van der Waals surface area contributed by atoms with Gasteiger partial charge in [-0.1, -0.05) is 48.5 Å². The fourth-order valence-electron chi connectivity index (χ4n) is 4.01. The predicted molar refractivity (Wildman–Crippen MR) is 93.7 cm³/mol. The number of carbonyl (C=O) groups is 1. The number of rotatable bonds is 6. The molecule has 4 rings (SSSR count). The average molecular weight is 342 g/mol.